The van der Waals surface area contributed by atoms with Crippen LogP contribution >= 0.6 is 0 Å². The fourth-order valence-electron chi connectivity index (χ4n) is 2.33. The van der Waals surface area contributed by atoms with Crippen LogP contribution in [0.1, 0.15) is 11.1 Å². The molecule has 0 aliphatic carbocycles. The number of esters is 1. The highest BCUT2D eigenvalue weighted by atomic mass is 19.1. The lowest BCUT2D eigenvalue weighted by molar-refractivity contribution is -0.138. The van der Waals surface area contributed by atoms with Crippen molar-refractivity contribution >= 4 is 12.0 Å². The van der Waals surface area contributed by atoms with E-state index in [-0.39, 0.29) is 12.4 Å². The maximum atomic E-state index is 13.6. The molecule has 1 heterocycles. The largest absolute Gasteiger partial charge is 0.494 e. The van der Waals surface area contributed by atoms with Crippen molar-refractivity contribution < 1.29 is 28.1 Å². The van der Waals surface area contributed by atoms with Crippen LogP contribution in [0.2, 0.25) is 0 Å². The number of ether oxygens (including phenoxy) is 4. The molecular weight excluding hydrogens is 327 g/mol. The third kappa shape index (κ3) is 4.29. The molecule has 0 bridgehead atoms. The highest BCUT2D eigenvalue weighted by molar-refractivity contribution is 5.87. The van der Waals surface area contributed by atoms with Gasteiger partial charge in [0.15, 0.2) is 23.1 Å². The number of rotatable bonds is 5. The standard InChI is InChI=1S/C19H17FO5/c1-22-16-5-3-14(10-15(16)20)12-25-19(21)7-4-13-2-6-17-18(11-13)24-9-8-23-17/h2-7,10-11H,8-9,12H2,1H3/b7-4+. The zero-order valence-electron chi connectivity index (χ0n) is 13.7. The first kappa shape index (κ1) is 16.8. The van der Waals surface area contributed by atoms with Crippen molar-refractivity contribution in [3.05, 3.63) is 59.4 Å². The van der Waals surface area contributed by atoms with Crippen LogP contribution in [0.5, 0.6) is 17.2 Å². The lowest BCUT2D eigenvalue weighted by Crippen LogP contribution is -2.15. The van der Waals surface area contributed by atoms with Gasteiger partial charge in [0.1, 0.15) is 19.8 Å². The number of carbonyl (C=O) groups is 1. The van der Waals surface area contributed by atoms with Gasteiger partial charge in [-0.15, -0.1) is 0 Å². The third-order valence-electron chi connectivity index (χ3n) is 3.58. The second kappa shape index (κ2) is 7.70. The highest BCUT2D eigenvalue weighted by Gasteiger charge is 2.11. The molecule has 0 unspecified atom stereocenters. The normalized spacial score (nSPS) is 12.9. The molecule has 0 aromatic heterocycles. The quantitative estimate of drug-likeness (QED) is 0.615. The first-order chi connectivity index (χ1) is 12.2. The molecule has 0 saturated carbocycles. The molecule has 0 atom stereocenters. The first-order valence-corrected chi connectivity index (χ1v) is 7.72. The van der Waals surface area contributed by atoms with Gasteiger partial charge in [-0.2, -0.15) is 0 Å². The minimum absolute atomic E-state index is 0.0226. The van der Waals surface area contributed by atoms with E-state index in [1.165, 1.54) is 25.3 Å². The van der Waals surface area contributed by atoms with Crippen LogP contribution in [-0.2, 0) is 16.1 Å². The summed E-state index contributed by atoms with van der Waals surface area (Å²) < 4.78 is 34.4. The Hall–Kier alpha value is -3.02. The van der Waals surface area contributed by atoms with E-state index in [1.807, 2.05) is 6.07 Å². The van der Waals surface area contributed by atoms with Crippen LogP contribution in [0.15, 0.2) is 42.5 Å². The lowest BCUT2D eigenvalue weighted by Gasteiger charge is -2.18. The lowest BCUT2D eigenvalue weighted by atomic mass is 10.2. The fourth-order valence-corrected chi connectivity index (χ4v) is 2.33. The summed E-state index contributed by atoms with van der Waals surface area (Å²) in [5.74, 6) is 0.463. The zero-order valence-corrected chi connectivity index (χ0v) is 13.7. The van der Waals surface area contributed by atoms with Crippen molar-refractivity contribution in [1.29, 1.82) is 0 Å². The Balaban J connectivity index is 1.57. The number of halogens is 1. The summed E-state index contributed by atoms with van der Waals surface area (Å²) in [5.41, 5.74) is 1.33. The van der Waals surface area contributed by atoms with Gasteiger partial charge in [-0.25, -0.2) is 9.18 Å². The van der Waals surface area contributed by atoms with Crippen molar-refractivity contribution in [1.82, 2.24) is 0 Å². The molecule has 0 fully saturated rings. The summed E-state index contributed by atoms with van der Waals surface area (Å²) in [6.45, 7) is 1.01. The van der Waals surface area contributed by atoms with Gasteiger partial charge in [0, 0.05) is 6.08 Å². The number of hydrogen-bond donors (Lipinski definition) is 0. The molecule has 5 nitrogen and oxygen atoms in total. The van der Waals surface area contributed by atoms with Crippen LogP contribution in [0.4, 0.5) is 4.39 Å². The molecule has 1 aliphatic rings. The summed E-state index contributed by atoms with van der Waals surface area (Å²) >= 11 is 0. The van der Waals surface area contributed by atoms with Gasteiger partial charge >= 0.3 is 5.97 Å². The monoisotopic (exact) mass is 344 g/mol. The smallest absolute Gasteiger partial charge is 0.331 e. The van der Waals surface area contributed by atoms with Crippen molar-refractivity contribution in [3.8, 4) is 17.2 Å². The molecule has 25 heavy (non-hydrogen) atoms. The average Bonchev–Trinajstić information content (AvgIpc) is 2.64. The van der Waals surface area contributed by atoms with E-state index in [9.17, 15) is 9.18 Å². The predicted octanol–water partition coefficient (Wildman–Crippen LogP) is 3.36. The minimum Gasteiger partial charge on any atom is -0.494 e. The number of benzene rings is 2. The first-order valence-electron chi connectivity index (χ1n) is 7.72. The van der Waals surface area contributed by atoms with Crippen LogP contribution in [0.3, 0.4) is 0 Å². The molecule has 2 aromatic carbocycles. The summed E-state index contributed by atoms with van der Waals surface area (Å²) in [6, 6.07) is 9.80. The Bertz CT molecular complexity index is 800. The molecular formula is C19H17FO5. The van der Waals surface area contributed by atoms with E-state index in [0.29, 0.717) is 30.3 Å². The Morgan fingerprint density at radius 2 is 1.96 bits per heavy atom. The van der Waals surface area contributed by atoms with E-state index in [4.69, 9.17) is 18.9 Å². The van der Waals surface area contributed by atoms with Crippen molar-refractivity contribution in [2.45, 2.75) is 6.61 Å². The SMILES string of the molecule is COc1ccc(COC(=O)/C=C/c2ccc3c(c2)OCCO3)cc1F. The molecule has 3 rings (SSSR count). The van der Waals surface area contributed by atoms with Gasteiger partial charge in [0.2, 0.25) is 0 Å². The van der Waals surface area contributed by atoms with Crippen LogP contribution in [0.25, 0.3) is 6.08 Å². The van der Waals surface area contributed by atoms with Gasteiger partial charge in [0.05, 0.1) is 7.11 Å². The van der Waals surface area contributed by atoms with E-state index in [0.717, 1.165) is 5.56 Å². The average molecular weight is 344 g/mol. The summed E-state index contributed by atoms with van der Waals surface area (Å²) in [7, 11) is 1.39. The fraction of sp³-hybridized carbons (Fsp3) is 0.211. The highest BCUT2D eigenvalue weighted by Crippen LogP contribution is 2.31. The van der Waals surface area contributed by atoms with E-state index in [1.54, 1.807) is 24.3 Å². The van der Waals surface area contributed by atoms with Crippen molar-refractivity contribution in [3.63, 3.8) is 0 Å². The number of methoxy groups -OCH3 is 1. The molecule has 0 radical (unpaired) electrons. The van der Waals surface area contributed by atoms with Gasteiger partial charge in [-0.1, -0.05) is 12.1 Å². The molecule has 0 amide bonds. The second-order valence-electron chi connectivity index (χ2n) is 5.31. The number of carbonyl (C=O) groups excluding carboxylic acids is 1. The predicted molar refractivity (Wildman–Crippen MR) is 89.2 cm³/mol. The Morgan fingerprint density at radius 1 is 1.16 bits per heavy atom. The van der Waals surface area contributed by atoms with Gasteiger partial charge < -0.3 is 18.9 Å². The van der Waals surface area contributed by atoms with Gasteiger partial charge in [-0.3, -0.25) is 0 Å². The van der Waals surface area contributed by atoms with Crippen molar-refractivity contribution in [2.24, 2.45) is 0 Å². The van der Waals surface area contributed by atoms with Crippen LogP contribution in [-0.4, -0.2) is 26.3 Å². The zero-order chi connectivity index (χ0) is 17.6. The van der Waals surface area contributed by atoms with Gasteiger partial charge in [0.25, 0.3) is 0 Å². The molecule has 1 aliphatic heterocycles. The van der Waals surface area contributed by atoms with Crippen LogP contribution in [0, 0.1) is 5.82 Å². The van der Waals surface area contributed by atoms with Gasteiger partial charge in [-0.05, 0) is 41.5 Å². The van der Waals surface area contributed by atoms with E-state index < -0.39 is 11.8 Å². The Kier molecular flexibility index (Phi) is 5.18. The maximum absolute atomic E-state index is 13.6. The number of fused-ring (bicyclic) bond motifs is 1. The third-order valence-corrected chi connectivity index (χ3v) is 3.58. The molecule has 130 valence electrons. The second-order valence-corrected chi connectivity index (χ2v) is 5.31. The molecule has 0 saturated heterocycles. The molecule has 2 aromatic rings. The van der Waals surface area contributed by atoms with E-state index in [2.05, 4.69) is 0 Å². The summed E-state index contributed by atoms with van der Waals surface area (Å²) in [6.07, 6.45) is 2.93. The summed E-state index contributed by atoms with van der Waals surface area (Å²) in [4.78, 5) is 11.8. The van der Waals surface area contributed by atoms with Crippen molar-refractivity contribution in [2.75, 3.05) is 20.3 Å². The molecule has 0 N–H and O–H groups in total. The summed E-state index contributed by atoms with van der Waals surface area (Å²) in [5, 5.41) is 0. The Morgan fingerprint density at radius 3 is 2.72 bits per heavy atom. The molecule has 0 spiro atoms. The van der Waals surface area contributed by atoms with Crippen LogP contribution < -0.4 is 14.2 Å². The molecule has 6 heteroatoms. The topological polar surface area (TPSA) is 54.0 Å². The number of hydrogen-bond acceptors (Lipinski definition) is 5. The minimum atomic E-state index is -0.522. The maximum Gasteiger partial charge on any atom is 0.331 e. The van der Waals surface area contributed by atoms with E-state index >= 15 is 0 Å². The Labute approximate surface area is 144 Å².